The van der Waals surface area contributed by atoms with Crippen molar-refractivity contribution in [1.29, 1.82) is 0 Å². The molecule has 24 heavy (non-hydrogen) atoms. The summed E-state index contributed by atoms with van der Waals surface area (Å²) in [6.45, 7) is 3.94. The van der Waals surface area contributed by atoms with E-state index in [1.807, 2.05) is 32.0 Å². The monoisotopic (exact) mass is 325 g/mol. The van der Waals surface area contributed by atoms with Gasteiger partial charge in [0.15, 0.2) is 0 Å². The number of methoxy groups -OCH3 is 1. The zero-order valence-electron chi connectivity index (χ0n) is 13.9. The minimum atomic E-state index is -0.203. The molecule has 0 saturated heterocycles. The van der Waals surface area contributed by atoms with Crippen LogP contribution in [-0.4, -0.2) is 27.0 Å². The third kappa shape index (κ3) is 3.19. The molecule has 0 saturated carbocycles. The van der Waals surface area contributed by atoms with Crippen LogP contribution in [0.3, 0.4) is 0 Å². The Morgan fingerprint density at radius 3 is 2.83 bits per heavy atom. The summed E-state index contributed by atoms with van der Waals surface area (Å²) in [4.78, 5) is 27.7. The van der Waals surface area contributed by atoms with Crippen molar-refractivity contribution in [2.45, 2.75) is 26.7 Å². The topological polar surface area (TPSA) is 92.8 Å². The summed E-state index contributed by atoms with van der Waals surface area (Å²) in [6.07, 6.45) is 1.66. The van der Waals surface area contributed by atoms with Crippen LogP contribution in [0.4, 0.5) is 11.9 Å². The SMILES string of the molecule is CCCc1cc(=O)[nH]c(Nc2nc(C)c3cccc(OC)c3n2)n1. The molecule has 0 aliphatic heterocycles. The van der Waals surface area contributed by atoms with E-state index in [2.05, 4.69) is 25.3 Å². The molecule has 1 aromatic carbocycles. The Morgan fingerprint density at radius 2 is 2.08 bits per heavy atom. The molecule has 0 aliphatic rings. The van der Waals surface area contributed by atoms with Crippen molar-refractivity contribution in [2.75, 3.05) is 12.4 Å². The van der Waals surface area contributed by atoms with Crippen LogP contribution >= 0.6 is 0 Å². The zero-order chi connectivity index (χ0) is 17.1. The Bertz CT molecular complexity index is 936. The summed E-state index contributed by atoms with van der Waals surface area (Å²) in [5.74, 6) is 1.36. The maximum absolute atomic E-state index is 11.8. The first-order valence-corrected chi connectivity index (χ1v) is 7.79. The lowest BCUT2D eigenvalue weighted by molar-refractivity contribution is 0.419. The summed E-state index contributed by atoms with van der Waals surface area (Å²) in [6, 6.07) is 7.20. The van der Waals surface area contributed by atoms with Gasteiger partial charge in [-0.15, -0.1) is 0 Å². The molecular formula is C17H19N5O2. The molecule has 2 N–H and O–H groups in total. The van der Waals surface area contributed by atoms with E-state index >= 15 is 0 Å². The van der Waals surface area contributed by atoms with Gasteiger partial charge in [-0.2, -0.15) is 0 Å². The Kier molecular flexibility index (Phi) is 4.41. The van der Waals surface area contributed by atoms with E-state index in [1.165, 1.54) is 6.07 Å². The number of rotatable bonds is 5. The number of para-hydroxylation sites is 1. The number of anilines is 2. The Hall–Kier alpha value is -2.96. The third-order valence-electron chi connectivity index (χ3n) is 3.63. The maximum atomic E-state index is 11.8. The normalized spacial score (nSPS) is 10.8. The van der Waals surface area contributed by atoms with Crippen molar-refractivity contribution >= 4 is 22.8 Å². The van der Waals surface area contributed by atoms with Gasteiger partial charge in [0.05, 0.1) is 12.8 Å². The highest BCUT2D eigenvalue weighted by atomic mass is 16.5. The van der Waals surface area contributed by atoms with Gasteiger partial charge in [-0.05, 0) is 19.4 Å². The number of benzene rings is 1. The van der Waals surface area contributed by atoms with Crippen LogP contribution in [0.2, 0.25) is 0 Å². The van der Waals surface area contributed by atoms with Gasteiger partial charge >= 0.3 is 0 Å². The second-order valence-corrected chi connectivity index (χ2v) is 5.45. The Morgan fingerprint density at radius 1 is 1.25 bits per heavy atom. The molecule has 0 aliphatic carbocycles. The average molecular weight is 325 g/mol. The van der Waals surface area contributed by atoms with E-state index in [0.29, 0.717) is 23.2 Å². The van der Waals surface area contributed by atoms with Crippen molar-refractivity contribution in [2.24, 2.45) is 0 Å². The second kappa shape index (κ2) is 6.66. The number of nitrogens with zero attached hydrogens (tertiary/aromatic N) is 3. The van der Waals surface area contributed by atoms with E-state index in [0.717, 1.165) is 29.6 Å². The fraction of sp³-hybridized carbons (Fsp3) is 0.294. The number of aryl methyl sites for hydroxylation is 2. The number of ether oxygens (including phenoxy) is 1. The molecule has 0 radical (unpaired) electrons. The number of hydrogen-bond acceptors (Lipinski definition) is 6. The smallest absolute Gasteiger partial charge is 0.252 e. The summed E-state index contributed by atoms with van der Waals surface area (Å²) >= 11 is 0. The Labute approximate surface area is 139 Å². The molecule has 0 amide bonds. The highest BCUT2D eigenvalue weighted by molar-refractivity contribution is 5.87. The van der Waals surface area contributed by atoms with Crippen molar-refractivity contribution in [3.05, 3.63) is 46.0 Å². The van der Waals surface area contributed by atoms with Crippen molar-refractivity contribution in [3.8, 4) is 5.75 Å². The Balaban J connectivity index is 2.03. The summed E-state index contributed by atoms with van der Waals surface area (Å²) in [7, 11) is 1.60. The van der Waals surface area contributed by atoms with Gasteiger partial charge < -0.3 is 4.74 Å². The highest BCUT2D eigenvalue weighted by Crippen LogP contribution is 2.26. The lowest BCUT2D eigenvalue weighted by Crippen LogP contribution is -2.13. The van der Waals surface area contributed by atoms with Gasteiger partial charge in [0.2, 0.25) is 11.9 Å². The number of H-pyrrole nitrogens is 1. The summed E-state index contributed by atoms with van der Waals surface area (Å²) in [5, 5.41) is 3.90. The first-order chi connectivity index (χ1) is 11.6. The van der Waals surface area contributed by atoms with E-state index in [-0.39, 0.29) is 5.56 Å². The molecule has 7 nitrogen and oxygen atoms in total. The molecule has 124 valence electrons. The van der Waals surface area contributed by atoms with Gasteiger partial charge in [0.25, 0.3) is 5.56 Å². The molecule has 3 rings (SSSR count). The van der Waals surface area contributed by atoms with Crippen LogP contribution in [0.15, 0.2) is 29.1 Å². The molecule has 0 spiro atoms. The first-order valence-electron chi connectivity index (χ1n) is 7.79. The van der Waals surface area contributed by atoms with Crippen LogP contribution < -0.4 is 15.6 Å². The highest BCUT2D eigenvalue weighted by Gasteiger charge is 2.10. The van der Waals surface area contributed by atoms with E-state index < -0.39 is 0 Å². The third-order valence-corrected chi connectivity index (χ3v) is 3.63. The first kappa shape index (κ1) is 15.9. The number of nitrogens with one attached hydrogen (secondary N) is 2. The van der Waals surface area contributed by atoms with Crippen LogP contribution in [-0.2, 0) is 6.42 Å². The van der Waals surface area contributed by atoms with E-state index in [9.17, 15) is 4.79 Å². The van der Waals surface area contributed by atoms with Gasteiger partial charge in [0, 0.05) is 17.1 Å². The molecule has 0 bridgehead atoms. The fourth-order valence-electron chi connectivity index (χ4n) is 2.56. The van der Waals surface area contributed by atoms with Gasteiger partial charge in [0.1, 0.15) is 11.3 Å². The molecule has 0 atom stereocenters. The molecule has 0 unspecified atom stereocenters. The quantitative estimate of drug-likeness (QED) is 0.749. The zero-order valence-corrected chi connectivity index (χ0v) is 13.9. The molecule has 3 aromatic rings. The fourth-order valence-corrected chi connectivity index (χ4v) is 2.56. The van der Waals surface area contributed by atoms with Crippen LogP contribution in [0, 0.1) is 6.92 Å². The maximum Gasteiger partial charge on any atom is 0.252 e. The number of hydrogen-bond donors (Lipinski definition) is 2. The van der Waals surface area contributed by atoms with Crippen molar-refractivity contribution in [3.63, 3.8) is 0 Å². The number of fused-ring (bicyclic) bond motifs is 1. The van der Waals surface area contributed by atoms with Crippen LogP contribution in [0.5, 0.6) is 5.75 Å². The van der Waals surface area contributed by atoms with Gasteiger partial charge in [-0.3, -0.25) is 15.1 Å². The lowest BCUT2D eigenvalue weighted by atomic mass is 10.2. The lowest BCUT2D eigenvalue weighted by Gasteiger charge is -2.10. The minimum absolute atomic E-state index is 0.203. The molecule has 7 heteroatoms. The number of aromatic nitrogens is 4. The predicted octanol–water partition coefficient (Wildman–Crippen LogP) is 2.73. The standard InChI is InChI=1S/C17H19N5O2/c1-4-6-11-9-14(23)20-17(19-11)22-16-18-10(2)12-7-5-8-13(24-3)15(12)21-16/h5,7-9H,4,6H2,1-3H3,(H2,18,19,20,21,22,23). The molecular weight excluding hydrogens is 306 g/mol. The molecule has 2 heterocycles. The predicted molar refractivity (Wildman–Crippen MR) is 93.0 cm³/mol. The molecule has 2 aromatic heterocycles. The largest absolute Gasteiger partial charge is 0.494 e. The van der Waals surface area contributed by atoms with Crippen LogP contribution in [0.1, 0.15) is 24.7 Å². The van der Waals surface area contributed by atoms with Gasteiger partial charge in [-0.1, -0.05) is 25.5 Å². The summed E-state index contributed by atoms with van der Waals surface area (Å²) in [5.41, 5.74) is 2.06. The van der Waals surface area contributed by atoms with Crippen molar-refractivity contribution < 1.29 is 4.74 Å². The van der Waals surface area contributed by atoms with Crippen LogP contribution in [0.25, 0.3) is 10.9 Å². The second-order valence-electron chi connectivity index (χ2n) is 5.45. The average Bonchev–Trinajstić information content (AvgIpc) is 2.54. The van der Waals surface area contributed by atoms with Crippen molar-refractivity contribution in [1.82, 2.24) is 19.9 Å². The molecule has 0 fully saturated rings. The number of aromatic amines is 1. The van der Waals surface area contributed by atoms with E-state index in [1.54, 1.807) is 7.11 Å². The van der Waals surface area contributed by atoms with Gasteiger partial charge in [-0.25, -0.2) is 15.0 Å². The van der Waals surface area contributed by atoms with E-state index in [4.69, 9.17) is 4.74 Å². The minimum Gasteiger partial charge on any atom is -0.494 e. The summed E-state index contributed by atoms with van der Waals surface area (Å²) < 4.78 is 5.37.